The number of aryl methyl sites for hydroxylation is 2. The van der Waals surface area contributed by atoms with Gasteiger partial charge in [0.05, 0.1) is 7.05 Å². The van der Waals surface area contributed by atoms with Crippen LogP contribution < -0.4 is 5.69 Å². The molecule has 4 nitrogen and oxygen atoms in total. The van der Waals surface area contributed by atoms with Crippen molar-refractivity contribution in [3.8, 4) is 22.6 Å². The Morgan fingerprint density at radius 3 is 2.25 bits per heavy atom. The van der Waals surface area contributed by atoms with Crippen LogP contribution in [0.3, 0.4) is 0 Å². The zero-order valence-electron chi connectivity index (χ0n) is 11.3. The molecular weight excluding hydrogens is 252 g/mol. The molecule has 0 aliphatic heterocycles. The summed E-state index contributed by atoms with van der Waals surface area (Å²) in [6.07, 6.45) is 0. The molecule has 0 fully saturated rings. The fourth-order valence-corrected chi connectivity index (χ4v) is 2.11. The predicted octanol–water partition coefficient (Wildman–Crippen LogP) is 3.02. The maximum atomic E-state index is 11.5. The molecule has 1 aromatic heterocycles. The minimum atomic E-state index is -0.390. The second-order valence-electron chi connectivity index (χ2n) is 4.70. The molecule has 0 saturated carbocycles. The zero-order chi connectivity index (χ0) is 14.1. The van der Waals surface area contributed by atoms with Crippen LogP contribution in [0.1, 0.15) is 5.56 Å². The van der Waals surface area contributed by atoms with Crippen LogP contribution in [-0.2, 0) is 7.05 Å². The molecule has 0 radical (unpaired) electrons. The summed E-state index contributed by atoms with van der Waals surface area (Å²) >= 11 is 0. The molecule has 0 bridgehead atoms. The van der Waals surface area contributed by atoms with Crippen molar-refractivity contribution in [2.75, 3.05) is 0 Å². The third kappa shape index (κ3) is 2.16. The number of rotatable bonds is 2. The normalized spacial score (nSPS) is 10.7. The molecule has 0 aliphatic carbocycles. The topological polar surface area (TPSA) is 48.0 Å². The molecule has 0 aliphatic rings. The molecule has 100 valence electrons. The molecule has 20 heavy (non-hydrogen) atoms. The van der Waals surface area contributed by atoms with Crippen molar-refractivity contribution in [3.05, 3.63) is 64.6 Å². The maximum Gasteiger partial charge on any atom is 0.379 e. The molecule has 1 heterocycles. The monoisotopic (exact) mass is 266 g/mol. The van der Waals surface area contributed by atoms with E-state index in [0.717, 1.165) is 21.4 Å². The molecule has 0 unspecified atom stereocenters. The van der Waals surface area contributed by atoms with Gasteiger partial charge >= 0.3 is 5.69 Å². The summed E-state index contributed by atoms with van der Waals surface area (Å²) in [5.74, 6) is 0.341. The van der Waals surface area contributed by atoms with E-state index in [0.29, 0.717) is 5.89 Å². The quantitative estimate of drug-likeness (QED) is 0.716. The maximum absolute atomic E-state index is 11.5. The highest BCUT2D eigenvalue weighted by Crippen LogP contribution is 2.30. The molecule has 4 heteroatoms. The van der Waals surface area contributed by atoms with Crippen LogP contribution in [0.5, 0.6) is 0 Å². The Hall–Kier alpha value is -2.62. The van der Waals surface area contributed by atoms with E-state index in [4.69, 9.17) is 4.52 Å². The summed E-state index contributed by atoms with van der Waals surface area (Å²) in [5, 5.41) is 0. The van der Waals surface area contributed by atoms with Gasteiger partial charge in [0.1, 0.15) is 0 Å². The van der Waals surface area contributed by atoms with Gasteiger partial charge in [-0.05, 0) is 24.1 Å². The number of benzene rings is 2. The van der Waals surface area contributed by atoms with Crippen LogP contribution in [0, 0.1) is 6.92 Å². The van der Waals surface area contributed by atoms with E-state index >= 15 is 0 Å². The van der Waals surface area contributed by atoms with E-state index in [1.54, 1.807) is 7.05 Å². The second-order valence-corrected chi connectivity index (χ2v) is 4.70. The molecule has 0 saturated heterocycles. The Balaban J connectivity index is 2.18. The van der Waals surface area contributed by atoms with Crippen LogP contribution in [0.4, 0.5) is 0 Å². The van der Waals surface area contributed by atoms with Gasteiger partial charge < -0.3 is 4.52 Å². The second kappa shape index (κ2) is 4.81. The Bertz CT molecular complexity index is 798. The van der Waals surface area contributed by atoms with Crippen molar-refractivity contribution in [1.29, 1.82) is 0 Å². The summed E-state index contributed by atoms with van der Waals surface area (Å²) in [5.41, 5.74) is 3.69. The molecule has 3 rings (SSSR count). The lowest BCUT2D eigenvalue weighted by atomic mass is 9.99. The summed E-state index contributed by atoms with van der Waals surface area (Å²) in [4.78, 5) is 15.4. The molecule has 0 N–H and O–H groups in total. The van der Waals surface area contributed by atoms with E-state index in [1.807, 2.05) is 31.2 Å². The first-order chi connectivity index (χ1) is 9.65. The largest absolute Gasteiger partial charge is 0.379 e. The summed E-state index contributed by atoms with van der Waals surface area (Å²) in [6.45, 7) is 2.05. The smallest absolute Gasteiger partial charge is 0.354 e. The van der Waals surface area contributed by atoms with Crippen LogP contribution in [-0.4, -0.2) is 9.72 Å². The Morgan fingerprint density at radius 1 is 1.00 bits per heavy atom. The molecule has 2 aromatic carbocycles. The van der Waals surface area contributed by atoms with E-state index in [9.17, 15) is 4.79 Å². The van der Waals surface area contributed by atoms with Crippen molar-refractivity contribution in [1.82, 2.24) is 9.72 Å². The highest BCUT2D eigenvalue weighted by atomic mass is 16.5. The predicted molar refractivity (Wildman–Crippen MR) is 77.4 cm³/mol. The number of hydrogen-bond donors (Lipinski definition) is 0. The van der Waals surface area contributed by atoms with Gasteiger partial charge in [0.15, 0.2) is 0 Å². The van der Waals surface area contributed by atoms with Crippen LogP contribution in [0.2, 0.25) is 0 Å². The van der Waals surface area contributed by atoms with E-state index < -0.39 is 5.69 Å². The first-order valence-electron chi connectivity index (χ1n) is 6.36. The SMILES string of the molecule is Cc1ccc(-c2ccccc2-c2nc(=O)n(C)o2)cc1. The van der Waals surface area contributed by atoms with Gasteiger partial charge in [0.25, 0.3) is 5.89 Å². The number of nitrogens with zero attached hydrogens (tertiary/aromatic N) is 2. The zero-order valence-corrected chi connectivity index (χ0v) is 11.3. The average Bonchev–Trinajstić information content (AvgIpc) is 2.79. The fraction of sp³-hybridized carbons (Fsp3) is 0.125. The molecule has 0 amide bonds. The van der Waals surface area contributed by atoms with Gasteiger partial charge in [-0.3, -0.25) is 0 Å². The van der Waals surface area contributed by atoms with Crippen LogP contribution >= 0.6 is 0 Å². The third-order valence-electron chi connectivity index (χ3n) is 3.21. The fourth-order valence-electron chi connectivity index (χ4n) is 2.11. The van der Waals surface area contributed by atoms with Crippen molar-refractivity contribution < 1.29 is 4.52 Å². The third-order valence-corrected chi connectivity index (χ3v) is 3.21. The van der Waals surface area contributed by atoms with Gasteiger partial charge in [-0.25, -0.2) is 4.79 Å². The molecule has 0 spiro atoms. The number of hydrogen-bond acceptors (Lipinski definition) is 3. The lowest BCUT2D eigenvalue weighted by molar-refractivity contribution is 0.307. The van der Waals surface area contributed by atoms with Crippen molar-refractivity contribution in [2.45, 2.75) is 6.92 Å². The van der Waals surface area contributed by atoms with Crippen LogP contribution in [0.25, 0.3) is 22.6 Å². The van der Waals surface area contributed by atoms with Gasteiger partial charge in [-0.2, -0.15) is 9.72 Å². The summed E-state index contributed by atoms with van der Waals surface area (Å²) in [6, 6.07) is 16.0. The molecular formula is C16H14N2O2. The standard InChI is InChI=1S/C16H14N2O2/c1-11-7-9-12(10-8-11)13-5-3-4-6-14(13)15-17-16(19)18(2)20-15/h3-10H,1-2H3. The van der Waals surface area contributed by atoms with Crippen molar-refractivity contribution in [3.63, 3.8) is 0 Å². The van der Waals surface area contributed by atoms with Gasteiger partial charge in [-0.15, -0.1) is 0 Å². The lowest BCUT2D eigenvalue weighted by Gasteiger charge is -2.06. The highest BCUT2D eigenvalue weighted by molar-refractivity contribution is 5.79. The van der Waals surface area contributed by atoms with E-state index in [1.165, 1.54) is 5.56 Å². The van der Waals surface area contributed by atoms with Gasteiger partial charge in [-0.1, -0.05) is 48.0 Å². The van der Waals surface area contributed by atoms with Crippen LogP contribution in [0.15, 0.2) is 57.8 Å². The first-order valence-corrected chi connectivity index (χ1v) is 6.36. The van der Waals surface area contributed by atoms with Crippen molar-refractivity contribution in [2.24, 2.45) is 7.05 Å². The first kappa shape index (κ1) is 12.4. The lowest BCUT2D eigenvalue weighted by Crippen LogP contribution is -2.11. The number of aromatic nitrogens is 2. The van der Waals surface area contributed by atoms with Crippen molar-refractivity contribution >= 4 is 0 Å². The van der Waals surface area contributed by atoms with E-state index in [2.05, 4.69) is 29.2 Å². The van der Waals surface area contributed by atoms with E-state index in [-0.39, 0.29) is 0 Å². The Kier molecular flexibility index (Phi) is 2.99. The molecule has 3 aromatic rings. The molecule has 0 atom stereocenters. The van der Waals surface area contributed by atoms with Gasteiger partial charge in [0.2, 0.25) is 0 Å². The summed E-state index contributed by atoms with van der Waals surface area (Å²) in [7, 11) is 1.55. The van der Waals surface area contributed by atoms with Gasteiger partial charge in [0, 0.05) is 5.56 Å². The Labute approximate surface area is 116 Å². The summed E-state index contributed by atoms with van der Waals surface area (Å²) < 4.78 is 6.51. The highest BCUT2D eigenvalue weighted by Gasteiger charge is 2.13. The minimum Gasteiger partial charge on any atom is -0.354 e. The minimum absolute atomic E-state index is 0.341. The Morgan fingerprint density at radius 2 is 1.65 bits per heavy atom. The average molecular weight is 266 g/mol.